The van der Waals surface area contributed by atoms with Crippen molar-refractivity contribution >= 4 is 52.4 Å². The molecule has 0 bridgehead atoms. The number of aliphatic carboxylic acids is 1. The van der Waals surface area contributed by atoms with Crippen LogP contribution in [0.15, 0.2) is 78.9 Å². The first-order valence-corrected chi connectivity index (χ1v) is 15.5. The molecular formula is C36H40ClNO3S. The number of carbonyl (C=O) groups is 1. The third kappa shape index (κ3) is 8.25. The number of pyridine rings is 1. The molecule has 1 atom stereocenters. The lowest BCUT2D eigenvalue weighted by molar-refractivity contribution is -0.138. The van der Waals surface area contributed by atoms with Crippen LogP contribution in [0.1, 0.15) is 80.2 Å². The minimum atomic E-state index is -0.911. The fourth-order valence-corrected chi connectivity index (χ4v) is 7.09. The summed E-state index contributed by atoms with van der Waals surface area (Å²) in [7, 11) is 0. The van der Waals surface area contributed by atoms with Crippen LogP contribution >= 0.6 is 23.4 Å². The van der Waals surface area contributed by atoms with Gasteiger partial charge in [0.2, 0.25) is 0 Å². The van der Waals surface area contributed by atoms with Crippen molar-refractivity contribution in [3.8, 4) is 0 Å². The number of halogens is 1. The molecule has 0 unspecified atom stereocenters. The van der Waals surface area contributed by atoms with E-state index in [-0.39, 0.29) is 24.5 Å². The highest BCUT2D eigenvalue weighted by Gasteiger charge is 2.44. The number of carboxylic acids is 1. The molecule has 2 N–H and O–H groups in total. The topological polar surface area (TPSA) is 70.4 Å². The molecule has 0 saturated heterocycles. The van der Waals surface area contributed by atoms with Crippen molar-refractivity contribution in [3.63, 3.8) is 0 Å². The Morgan fingerprint density at radius 3 is 2.55 bits per heavy atom. The number of rotatable bonds is 12. The Balaban J connectivity index is 0.00000405. The van der Waals surface area contributed by atoms with Crippen molar-refractivity contribution in [2.24, 2.45) is 5.41 Å². The molecule has 220 valence electrons. The Morgan fingerprint density at radius 1 is 1.05 bits per heavy atom. The van der Waals surface area contributed by atoms with Crippen LogP contribution in [-0.4, -0.2) is 26.9 Å². The van der Waals surface area contributed by atoms with Gasteiger partial charge in [0.05, 0.1) is 23.2 Å². The summed E-state index contributed by atoms with van der Waals surface area (Å²) in [4.78, 5) is 16.2. The Labute approximate surface area is 258 Å². The molecule has 1 saturated carbocycles. The largest absolute Gasteiger partial charge is 0.481 e. The number of aryl methyl sites for hydroxylation is 1. The Kier molecular flexibility index (Phi) is 10.2. The lowest BCUT2D eigenvalue weighted by Gasteiger charge is -2.24. The quantitative estimate of drug-likeness (QED) is 0.169. The molecule has 1 aromatic heterocycles. The van der Waals surface area contributed by atoms with Gasteiger partial charge in [-0.05, 0) is 91.5 Å². The zero-order valence-electron chi connectivity index (χ0n) is 23.5. The van der Waals surface area contributed by atoms with Gasteiger partial charge in [0, 0.05) is 21.4 Å². The summed E-state index contributed by atoms with van der Waals surface area (Å²) < 4.78 is 0. The van der Waals surface area contributed by atoms with E-state index in [0.717, 1.165) is 64.7 Å². The van der Waals surface area contributed by atoms with Crippen molar-refractivity contribution in [1.82, 2.24) is 4.98 Å². The third-order valence-electron chi connectivity index (χ3n) is 7.83. The zero-order valence-corrected chi connectivity index (χ0v) is 25.1. The zero-order chi connectivity index (χ0) is 29.0. The highest BCUT2D eigenvalue weighted by molar-refractivity contribution is 7.99. The van der Waals surface area contributed by atoms with Gasteiger partial charge in [-0.3, -0.25) is 4.79 Å². The molecule has 1 aliphatic carbocycles. The van der Waals surface area contributed by atoms with Gasteiger partial charge >= 0.3 is 5.97 Å². The van der Waals surface area contributed by atoms with Gasteiger partial charge in [-0.25, -0.2) is 4.98 Å². The van der Waals surface area contributed by atoms with E-state index in [0.29, 0.717) is 5.02 Å². The van der Waals surface area contributed by atoms with Gasteiger partial charge in [0.15, 0.2) is 0 Å². The van der Waals surface area contributed by atoms with Crippen LogP contribution in [0.25, 0.3) is 23.1 Å². The number of hydrogen-bond acceptors (Lipinski definition) is 4. The smallest absolute Gasteiger partial charge is 0.303 e. The highest BCUT2D eigenvalue weighted by atomic mass is 35.5. The first kappa shape index (κ1) is 31.8. The fraction of sp³-hybridized carbons (Fsp3) is 0.333. The van der Waals surface area contributed by atoms with Crippen molar-refractivity contribution in [3.05, 3.63) is 112 Å². The van der Waals surface area contributed by atoms with E-state index in [1.165, 1.54) is 5.56 Å². The van der Waals surface area contributed by atoms with Gasteiger partial charge in [0.1, 0.15) is 0 Å². The first-order chi connectivity index (χ1) is 19.6. The number of fused-ring (bicyclic) bond motifs is 1. The van der Waals surface area contributed by atoms with Crippen LogP contribution < -0.4 is 0 Å². The number of aliphatic hydroxyl groups is 1. The van der Waals surface area contributed by atoms with Crippen LogP contribution in [0.4, 0.5) is 0 Å². The van der Waals surface area contributed by atoms with Gasteiger partial charge in [-0.1, -0.05) is 85.8 Å². The maximum absolute atomic E-state index is 11.5. The minimum absolute atomic E-state index is 0. The number of aromatic nitrogens is 1. The number of carboxylic acid groups (broad SMARTS) is 1. The Bertz CT molecular complexity index is 1570. The molecule has 4 nitrogen and oxygen atoms in total. The summed E-state index contributed by atoms with van der Waals surface area (Å²) in [5, 5.41) is 22.1. The van der Waals surface area contributed by atoms with Crippen LogP contribution in [0, 0.1) is 5.41 Å². The molecule has 4 aromatic rings. The van der Waals surface area contributed by atoms with E-state index in [9.17, 15) is 15.0 Å². The van der Waals surface area contributed by atoms with Crippen LogP contribution in [0.5, 0.6) is 0 Å². The van der Waals surface area contributed by atoms with Crippen LogP contribution in [-0.2, 0) is 16.8 Å². The number of nitrogens with zero attached hydrogens (tertiary/aromatic N) is 1. The van der Waals surface area contributed by atoms with E-state index in [2.05, 4.69) is 42.5 Å². The highest BCUT2D eigenvalue weighted by Crippen LogP contribution is 2.53. The molecule has 1 aliphatic rings. The summed E-state index contributed by atoms with van der Waals surface area (Å²) in [5.74, 6) is 0.122. The third-order valence-corrected chi connectivity index (χ3v) is 9.76. The molecule has 0 aliphatic heterocycles. The van der Waals surface area contributed by atoms with Crippen molar-refractivity contribution < 1.29 is 15.0 Å². The van der Waals surface area contributed by atoms with Gasteiger partial charge in [-0.15, -0.1) is 0 Å². The monoisotopic (exact) mass is 601 g/mol. The average molecular weight is 602 g/mol. The second kappa shape index (κ2) is 13.5. The summed E-state index contributed by atoms with van der Waals surface area (Å²) in [5.41, 5.74) is 5.15. The number of benzene rings is 3. The summed E-state index contributed by atoms with van der Waals surface area (Å²) >= 11 is 8.04. The average Bonchev–Trinajstić information content (AvgIpc) is 3.70. The molecular weight excluding hydrogens is 562 g/mol. The normalized spacial score (nSPS) is 15.0. The van der Waals surface area contributed by atoms with E-state index in [4.69, 9.17) is 16.6 Å². The minimum Gasteiger partial charge on any atom is -0.481 e. The summed E-state index contributed by atoms with van der Waals surface area (Å²) in [6.07, 6.45) is 8.02. The number of hydrogen-bond donors (Lipinski definition) is 2. The molecule has 42 heavy (non-hydrogen) atoms. The van der Waals surface area contributed by atoms with E-state index in [1.54, 1.807) is 0 Å². The molecule has 6 heteroatoms. The van der Waals surface area contributed by atoms with Gasteiger partial charge < -0.3 is 10.2 Å². The molecule has 0 spiro atoms. The second-order valence-electron chi connectivity index (χ2n) is 11.7. The van der Waals surface area contributed by atoms with Crippen molar-refractivity contribution in [2.45, 2.75) is 64.2 Å². The second-order valence-corrected chi connectivity index (χ2v) is 13.3. The first-order valence-electron chi connectivity index (χ1n) is 14.1. The van der Waals surface area contributed by atoms with E-state index < -0.39 is 11.6 Å². The van der Waals surface area contributed by atoms with E-state index >= 15 is 0 Å². The molecule has 0 radical (unpaired) electrons. The Hall–Kier alpha value is -3.12. The van der Waals surface area contributed by atoms with Gasteiger partial charge in [-0.2, -0.15) is 11.8 Å². The predicted octanol–water partition coefficient (Wildman–Crippen LogP) is 9.58. The Morgan fingerprint density at radius 2 is 1.81 bits per heavy atom. The SMILES string of the molecule is C.CC(C)(O)c1ccccc1CC[C@H](SCC1(CC(=O)O)CC1)c1cccc(/C=C/c2ccc3ccc(Cl)cc3n2)c1. The van der Waals surface area contributed by atoms with Crippen LogP contribution in [0.3, 0.4) is 0 Å². The lowest BCUT2D eigenvalue weighted by atomic mass is 9.90. The maximum atomic E-state index is 11.5. The molecule has 0 amide bonds. The van der Waals surface area contributed by atoms with Crippen molar-refractivity contribution in [2.75, 3.05) is 5.75 Å². The molecule has 5 rings (SSSR count). The summed E-state index contributed by atoms with van der Waals surface area (Å²) in [6.45, 7) is 3.66. The van der Waals surface area contributed by atoms with Gasteiger partial charge in [0.25, 0.3) is 0 Å². The molecule has 1 fully saturated rings. The predicted molar refractivity (Wildman–Crippen MR) is 178 cm³/mol. The number of thioether (sulfide) groups is 1. The molecule has 1 heterocycles. The van der Waals surface area contributed by atoms with Crippen LogP contribution in [0.2, 0.25) is 5.02 Å². The summed E-state index contributed by atoms with van der Waals surface area (Å²) in [6, 6.07) is 26.5. The lowest BCUT2D eigenvalue weighted by Crippen LogP contribution is -2.18. The van der Waals surface area contributed by atoms with E-state index in [1.807, 2.05) is 74.1 Å². The molecule has 3 aromatic carbocycles. The maximum Gasteiger partial charge on any atom is 0.303 e. The standard InChI is InChI=1S/C35H36ClNO3S.CH4/c1-34(2,40)30-9-4-3-7-25(30)13-17-32(41-23-35(18-19-35)22-33(38)39)27-8-5-6-24(20-27)10-15-29-16-12-26-11-14-28(36)21-31(26)37-29;/h3-12,14-16,20-21,32,40H,13,17-19,22-23H2,1-2H3,(H,38,39);1H4/b15-10+;/t32-;/m0./s1. The van der Waals surface area contributed by atoms with Crippen molar-refractivity contribution in [1.29, 1.82) is 0 Å². The fourth-order valence-electron chi connectivity index (χ4n) is 5.36.